The average molecular weight is 289 g/mol. The van der Waals surface area contributed by atoms with Gasteiger partial charge in [-0.25, -0.2) is 0 Å². The summed E-state index contributed by atoms with van der Waals surface area (Å²) in [5.74, 6) is -0.789. The van der Waals surface area contributed by atoms with Crippen LogP contribution in [0.2, 0.25) is 0 Å². The number of nitrogens with zero attached hydrogens (tertiary/aromatic N) is 5. The van der Waals surface area contributed by atoms with Crippen molar-refractivity contribution in [3.8, 4) is 0 Å². The van der Waals surface area contributed by atoms with Crippen LogP contribution in [0.3, 0.4) is 0 Å². The average Bonchev–Trinajstić information content (AvgIpc) is 3.03. The first-order chi connectivity index (χ1) is 9.49. The molecule has 10 heteroatoms. The summed E-state index contributed by atoms with van der Waals surface area (Å²) in [6.07, 6.45) is -3.21. The number of aromatic nitrogens is 4. The Hall–Kier alpha value is -2.10. The SMILES string of the molecule is OCc1coc(N2CCn3c(nnc3C(F)(F)F)C2)n1. The van der Waals surface area contributed by atoms with Gasteiger partial charge >= 0.3 is 6.18 Å². The van der Waals surface area contributed by atoms with Crippen LogP contribution < -0.4 is 4.90 Å². The number of rotatable bonds is 2. The lowest BCUT2D eigenvalue weighted by Gasteiger charge is -2.26. The molecule has 20 heavy (non-hydrogen) atoms. The number of halogens is 3. The Morgan fingerprint density at radius 3 is 2.75 bits per heavy atom. The van der Waals surface area contributed by atoms with Crippen LogP contribution in [0.15, 0.2) is 10.7 Å². The lowest BCUT2D eigenvalue weighted by Crippen LogP contribution is -2.35. The minimum absolute atomic E-state index is 0.0913. The van der Waals surface area contributed by atoms with Gasteiger partial charge < -0.3 is 19.0 Å². The second-order valence-electron chi connectivity index (χ2n) is 4.29. The maximum atomic E-state index is 12.7. The topological polar surface area (TPSA) is 80.2 Å². The first kappa shape index (κ1) is 12.9. The Morgan fingerprint density at radius 1 is 1.30 bits per heavy atom. The molecule has 3 rings (SSSR count). The second-order valence-corrected chi connectivity index (χ2v) is 4.29. The molecular weight excluding hydrogens is 279 g/mol. The van der Waals surface area contributed by atoms with Gasteiger partial charge in [0.15, 0.2) is 5.82 Å². The monoisotopic (exact) mass is 289 g/mol. The predicted octanol–water partition coefficient (Wildman–Crippen LogP) is 0.797. The second kappa shape index (κ2) is 4.47. The fourth-order valence-electron chi connectivity index (χ4n) is 2.04. The lowest BCUT2D eigenvalue weighted by atomic mass is 10.3. The molecule has 0 unspecified atom stereocenters. The van der Waals surface area contributed by atoms with E-state index in [1.54, 1.807) is 4.90 Å². The van der Waals surface area contributed by atoms with E-state index in [2.05, 4.69) is 15.2 Å². The molecule has 3 heterocycles. The zero-order valence-electron chi connectivity index (χ0n) is 10.1. The Morgan fingerprint density at radius 2 is 2.10 bits per heavy atom. The zero-order chi connectivity index (χ0) is 14.3. The predicted molar refractivity (Wildman–Crippen MR) is 58.5 cm³/mol. The number of anilines is 1. The molecule has 0 radical (unpaired) electrons. The third-order valence-corrected chi connectivity index (χ3v) is 2.98. The molecule has 1 aliphatic heterocycles. The van der Waals surface area contributed by atoms with Crippen LogP contribution in [-0.2, 0) is 25.9 Å². The number of hydrogen-bond acceptors (Lipinski definition) is 6. The minimum Gasteiger partial charge on any atom is -0.432 e. The maximum Gasteiger partial charge on any atom is 0.451 e. The Bertz CT molecular complexity index is 621. The summed E-state index contributed by atoms with van der Waals surface area (Å²) in [5.41, 5.74) is 0.364. The van der Waals surface area contributed by atoms with Crippen molar-refractivity contribution in [2.45, 2.75) is 25.9 Å². The number of aliphatic hydroxyl groups excluding tert-OH is 1. The van der Waals surface area contributed by atoms with Crippen molar-refractivity contribution < 1.29 is 22.7 Å². The Balaban J connectivity index is 1.84. The van der Waals surface area contributed by atoms with Crippen molar-refractivity contribution in [2.75, 3.05) is 11.4 Å². The number of oxazole rings is 1. The van der Waals surface area contributed by atoms with Crippen LogP contribution in [0.25, 0.3) is 0 Å². The van der Waals surface area contributed by atoms with E-state index in [4.69, 9.17) is 9.52 Å². The van der Waals surface area contributed by atoms with Crippen molar-refractivity contribution in [1.82, 2.24) is 19.7 Å². The Kier molecular flexibility index (Phi) is 2.89. The highest BCUT2D eigenvalue weighted by atomic mass is 19.4. The van der Waals surface area contributed by atoms with Crippen molar-refractivity contribution in [3.05, 3.63) is 23.6 Å². The van der Waals surface area contributed by atoms with Gasteiger partial charge in [-0.1, -0.05) is 0 Å². The van der Waals surface area contributed by atoms with Gasteiger partial charge in [-0.05, 0) is 0 Å². The van der Waals surface area contributed by atoms with E-state index in [9.17, 15) is 13.2 Å². The molecule has 0 fully saturated rings. The van der Waals surface area contributed by atoms with Crippen molar-refractivity contribution in [3.63, 3.8) is 0 Å². The van der Waals surface area contributed by atoms with Gasteiger partial charge in [0.25, 0.3) is 6.01 Å². The van der Waals surface area contributed by atoms with E-state index in [0.29, 0.717) is 12.2 Å². The third kappa shape index (κ3) is 2.11. The molecule has 0 saturated carbocycles. The van der Waals surface area contributed by atoms with Gasteiger partial charge in [-0.3, -0.25) is 0 Å². The number of aliphatic hydroxyl groups is 1. The summed E-state index contributed by atoms with van der Waals surface area (Å²) in [6, 6.07) is 0.247. The summed E-state index contributed by atoms with van der Waals surface area (Å²) in [5, 5.41) is 15.7. The molecule has 108 valence electrons. The molecule has 0 saturated heterocycles. The summed E-state index contributed by atoms with van der Waals surface area (Å²) in [6.45, 7) is 0.244. The van der Waals surface area contributed by atoms with Gasteiger partial charge in [0, 0.05) is 13.1 Å². The highest BCUT2D eigenvalue weighted by molar-refractivity contribution is 5.29. The van der Waals surface area contributed by atoms with E-state index in [1.807, 2.05) is 0 Å². The van der Waals surface area contributed by atoms with Crippen molar-refractivity contribution in [2.24, 2.45) is 0 Å². The van der Waals surface area contributed by atoms with E-state index in [0.717, 1.165) is 4.57 Å². The summed E-state index contributed by atoms with van der Waals surface area (Å²) >= 11 is 0. The van der Waals surface area contributed by atoms with Gasteiger partial charge in [0.1, 0.15) is 12.0 Å². The lowest BCUT2D eigenvalue weighted by molar-refractivity contribution is -0.147. The highest BCUT2D eigenvalue weighted by Crippen LogP contribution is 2.30. The molecular formula is C10H10F3N5O2. The summed E-state index contributed by atoms with van der Waals surface area (Å²) < 4.78 is 44.3. The standard InChI is InChI=1S/C10H10F3N5O2/c11-10(12,13)8-16-15-7-3-17(1-2-18(7)8)9-14-6(4-19)5-20-9/h5,19H,1-4H2. The molecule has 2 aromatic heterocycles. The molecule has 0 amide bonds. The molecule has 0 aromatic carbocycles. The number of hydrogen-bond donors (Lipinski definition) is 1. The van der Waals surface area contributed by atoms with Crippen LogP contribution in [-0.4, -0.2) is 31.4 Å². The van der Waals surface area contributed by atoms with Crippen LogP contribution >= 0.6 is 0 Å². The van der Waals surface area contributed by atoms with E-state index < -0.39 is 12.0 Å². The smallest absolute Gasteiger partial charge is 0.432 e. The van der Waals surface area contributed by atoms with E-state index in [-0.39, 0.29) is 31.5 Å². The van der Waals surface area contributed by atoms with Crippen LogP contribution in [0.4, 0.5) is 19.2 Å². The molecule has 7 nitrogen and oxygen atoms in total. The van der Waals surface area contributed by atoms with Gasteiger partial charge in [-0.15, -0.1) is 10.2 Å². The zero-order valence-corrected chi connectivity index (χ0v) is 10.1. The van der Waals surface area contributed by atoms with Crippen LogP contribution in [0.1, 0.15) is 17.3 Å². The van der Waals surface area contributed by atoms with E-state index in [1.165, 1.54) is 6.26 Å². The fraction of sp³-hybridized carbons (Fsp3) is 0.500. The minimum atomic E-state index is -4.51. The largest absolute Gasteiger partial charge is 0.451 e. The Labute approximate surface area is 110 Å². The quantitative estimate of drug-likeness (QED) is 0.880. The fourth-order valence-corrected chi connectivity index (χ4v) is 2.04. The third-order valence-electron chi connectivity index (χ3n) is 2.98. The van der Waals surface area contributed by atoms with Crippen molar-refractivity contribution in [1.29, 1.82) is 0 Å². The van der Waals surface area contributed by atoms with Crippen LogP contribution in [0.5, 0.6) is 0 Å². The first-order valence-corrected chi connectivity index (χ1v) is 5.78. The first-order valence-electron chi connectivity index (χ1n) is 5.78. The molecule has 1 aliphatic rings. The molecule has 1 N–H and O–H groups in total. The van der Waals surface area contributed by atoms with E-state index >= 15 is 0 Å². The van der Waals surface area contributed by atoms with Gasteiger partial charge in [-0.2, -0.15) is 18.2 Å². The highest BCUT2D eigenvalue weighted by Gasteiger charge is 2.39. The van der Waals surface area contributed by atoms with Gasteiger partial charge in [0.2, 0.25) is 5.82 Å². The van der Waals surface area contributed by atoms with Crippen LogP contribution in [0, 0.1) is 0 Å². The molecule has 2 aromatic rings. The van der Waals surface area contributed by atoms with Gasteiger partial charge in [0.05, 0.1) is 13.2 Å². The summed E-state index contributed by atoms with van der Waals surface area (Å²) in [7, 11) is 0. The molecule has 0 spiro atoms. The van der Waals surface area contributed by atoms with Crippen molar-refractivity contribution >= 4 is 6.01 Å². The molecule has 0 bridgehead atoms. The molecule has 0 atom stereocenters. The number of alkyl halides is 3. The number of fused-ring (bicyclic) bond motifs is 1. The summed E-state index contributed by atoms with van der Waals surface area (Å²) in [4.78, 5) is 5.65. The molecule has 0 aliphatic carbocycles. The maximum absolute atomic E-state index is 12.7. The normalized spacial score (nSPS) is 15.5.